The standard InChI is InChI=1S/C15H19ClN2/c1-3-11-9-14(11)18-13-5-4-10(2)8-12(13)17-15(18)6-7-16/h4-5,8,11,14H,3,6-7,9H2,1-2H3. The van der Waals surface area contributed by atoms with Crippen LogP contribution >= 0.6 is 11.6 Å². The lowest BCUT2D eigenvalue weighted by Crippen LogP contribution is -2.03. The molecular formula is C15H19ClN2. The first kappa shape index (κ1) is 12.0. The minimum absolute atomic E-state index is 0.645. The Labute approximate surface area is 113 Å². The van der Waals surface area contributed by atoms with Crippen molar-refractivity contribution in [1.82, 2.24) is 9.55 Å². The molecule has 1 aromatic heterocycles. The molecule has 2 atom stereocenters. The van der Waals surface area contributed by atoms with E-state index in [-0.39, 0.29) is 0 Å². The fraction of sp³-hybridized carbons (Fsp3) is 0.533. The Hall–Kier alpha value is -1.02. The summed E-state index contributed by atoms with van der Waals surface area (Å²) in [6.07, 6.45) is 3.42. The molecular weight excluding hydrogens is 244 g/mol. The quantitative estimate of drug-likeness (QED) is 0.759. The molecule has 0 spiro atoms. The van der Waals surface area contributed by atoms with Crippen molar-refractivity contribution in [3.8, 4) is 0 Å². The molecule has 1 fully saturated rings. The van der Waals surface area contributed by atoms with Gasteiger partial charge in [-0.25, -0.2) is 4.98 Å². The second-order valence-corrected chi connectivity index (χ2v) is 5.68. The minimum atomic E-state index is 0.645. The van der Waals surface area contributed by atoms with Crippen molar-refractivity contribution in [2.45, 2.75) is 39.2 Å². The topological polar surface area (TPSA) is 17.8 Å². The van der Waals surface area contributed by atoms with Crippen LogP contribution in [0.2, 0.25) is 0 Å². The van der Waals surface area contributed by atoms with Crippen LogP contribution in [0, 0.1) is 12.8 Å². The number of imidazole rings is 1. The Morgan fingerprint density at radius 1 is 1.44 bits per heavy atom. The van der Waals surface area contributed by atoms with Crippen molar-refractivity contribution < 1.29 is 0 Å². The van der Waals surface area contributed by atoms with E-state index >= 15 is 0 Å². The largest absolute Gasteiger partial charge is 0.325 e. The number of nitrogens with zero attached hydrogens (tertiary/aromatic N) is 2. The van der Waals surface area contributed by atoms with Crippen molar-refractivity contribution in [2.75, 3.05) is 5.88 Å². The first-order valence-corrected chi connectivity index (χ1v) is 7.31. The number of hydrogen-bond donors (Lipinski definition) is 0. The molecule has 0 saturated heterocycles. The van der Waals surface area contributed by atoms with Gasteiger partial charge in [-0.1, -0.05) is 19.4 Å². The Balaban J connectivity index is 2.10. The van der Waals surface area contributed by atoms with Gasteiger partial charge >= 0.3 is 0 Å². The fourth-order valence-corrected chi connectivity index (χ4v) is 3.05. The average Bonchev–Trinajstić information content (AvgIpc) is 3.04. The molecule has 3 heteroatoms. The highest BCUT2D eigenvalue weighted by molar-refractivity contribution is 6.17. The summed E-state index contributed by atoms with van der Waals surface area (Å²) in [4.78, 5) is 4.77. The molecule has 2 aromatic rings. The third-order valence-electron chi connectivity index (χ3n) is 3.98. The highest BCUT2D eigenvalue weighted by Crippen LogP contribution is 2.47. The van der Waals surface area contributed by atoms with Crippen molar-refractivity contribution in [3.63, 3.8) is 0 Å². The number of rotatable bonds is 4. The third-order valence-corrected chi connectivity index (χ3v) is 4.17. The maximum atomic E-state index is 5.91. The Morgan fingerprint density at radius 3 is 2.94 bits per heavy atom. The lowest BCUT2D eigenvalue weighted by atomic mass is 10.2. The summed E-state index contributed by atoms with van der Waals surface area (Å²) in [7, 11) is 0. The van der Waals surface area contributed by atoms with Gasteiger partial charge in [0.05, 0.1) is 11.0 Å². The zero-order valence-electron chi connectivity index (χ0n) is 11.0. The molecule has 18 heavy (non-hydrogen) atoms. The van der Waals surface area contributed by atoms with Gasteiger partial charge in [-0.2, -0.15) is 0 Å². The number of hydrogen-bond acceptors (Lipinski definition) is 1. The molecule has 0 amide bonds. The first-order valence-electron chi connectivity index (χ1n) is 6.78. The van der Waals surface area contributed by atoms with Crippen molar-refractivity contribution in [1.29, 1.82) is 0 Å². The van der Waals surface area contributed by atoms with E-state index in [1.165, 1.54) is 23.9 Å². The highest BCUT2D eigenvalue weighted by atomic mass is 35.5. The normalized spacial score (nSPS) is 22.6. The summed E-state index contributed by atoms with van der Waals surface area (Å²) < 4.78 is 2.44. The molecule has 0 bridgehead atoms. The van der Waals surface area contributed by atoms with Gasteiger partial charge in [0.15, 0.2) is 0 Å². The summed E-state index contributed by atoms with van der Waals surface area (Å²) in [5.41, 5.74) is 3.67. The smallest absolute Gasteiger partial charge is 0.111 e. The maximum absolute atomic E-state index is 5.91. The minimum Gasteiger partial charge on any atom is -0.325 e. The van der Waals surface area contributed by atoms with Crippen LogP contribution in [0.25, 0.3) is 11.0 Å². The molecule has 1 aliphatic carbocycles. The van der Waals surface area contributed by atoms with Gasteiger partial charge in [0.2, 0.25) is 0 Å². The van der Waals surface area contributed by atoms with Crippen LogP contribution in [0.5, 0.6) is 0 Å². The number of aromatic nitrogens is 2. The van der Waals surface area contributed by atoms with E-state index in [1.54, 1.807) is 0 Å². The van der Waals surface area contributed by atoms with Gasteiger partial charge in [0, 0.05) is 18.3 Å². The fourth-order valence-electron chi connectivity index (χ4n) is 2.88. The van der Waals surface area contributed by atoms with Crippen LogP contribution in [-0.4, -0.2) is 15.4 Å². The van der Waals surface area contributed by atoms with Gasteiger partial charge in [0.1, 0.15) is 5.82 Å². The zero-order valence-corrected chi connectivity index (χ0v) is 11.7. The molecule has 2 unspecified atom stereocenters. The van der Waals surface area contributed by atoms with Crippen LogP contribution in [0.4, 0.5) is 0 Å². The molecule has 3 rings (SSSR count). The van der Waals surface area contributed by atoms with Crippen molar-refractivity contribution in [2.24, 2.45) is 5.92 Å². The van der Waals surface area contributed by atoms with Gasteiger partial charge in [-0.05, 0) is 37.0 Å². The number of aryl methyl sites for hydroxylation is 2. The van der Waals surface area contributed by atoms with Gasteiger partial charge in [-0.3, -0.25) is 0 Å². The second-order valence-electron chi connectivity index (χ2n) is 5.30. The molecule has 1 saturated carbocycles. The number of fused-ring (bicyclic) bond motifs is 1. The van der Waals surface area contributed by atoms with E-state index < -0.39 is 0 Å². The monoisotopic (exact) mass is 262 g/mol. The predicted molar refractivity (Wildman–Crippen MR) is 76.3 cm³/mol. The molecule has 2 nitrogen and oxygen atoms in total. The van der Waals surface area contributed by atoms with E-state index in [4.69, 9.17) is 16.6 Å². The molecule has 1 aliphatic rings. The van der Waals surface area contributed by atoms with Crippen LogP contribution in [0.15, 0.2) is 18.2 Å². The summed E-state index contributed by atoms with van der Waals surface area (Å²) in [5.74, 6) is 2.63. The Kier molecular flexibility index (Phi) is 3.06. The zero-order chi connectivity index (χ0) is 12.7. The molecule has 0 aliphatic heterocycles. The SMILES string of the molecule is CCC1CC1n1c(CCCl)nc2cc(C)ccc21. The van der Waals surface area contributed by atoms with E-state index in [0.29, 0.717) is 11.9 Å². The second kappa shape index (κ2) is 4.58. The summed E-state index contributed by atoms with van der Waals surface area (Å²) in [6, 6.07) is 7.21. The number of halogens is 1. The van der Waals surface area contributed by atoms with Crippen LogP contribution < -0.4 is 0 Å². The van der Waals surface area contributed by atoms with E-state index in [2.05, 4.69) is 36.6 Å². The molecule has 1 aromatic carbocycles. The summed E-state index contributed by atoms with van der Waals surface area (Å²) >= 11 is 5.91. The Morgan fingerprint density at radius 2 is 2.28 bits per heavy atom. The summed E-state index contributed by atoms with van der Waals surface area (Å²) in [5, 5.41) is 0. The molecule has 0 radical (unpaired) electrons. The summed E-state index contributed by atoms with van der Waals surface area (Å²) in [6.45, 7) is 4.39. The van der Waals surface area contributed by atoms with Crippen LogP contribution in [0.3, 0.4) is 0 Å². The van der Waals surface area contributed by atoms with Gasteiger partial charge in [-0.15, -0.1) is 11.6 Å². The van der Waals surface area contributed by atoms with Crippen molar-refractivity contribution >= 4 is 22.6 Å². The average molecular weight is 263 g/mol. The van der Waals surface area contributed by atoms with E-state index in [9.17, 15) is 0 Å². The van der Waals surface area contributed by atoms with E-state index in [1.807, 2.05) is 0 Å². The van der Waals surface area contributed by atoms with Crippen molar-refractivity contribution in [3.05, 3.63) is 29.6 Å². The maximum Gasteiger partial charge on any atom is 0.111 e. The first-order chi connectivity index (χ1) is 8.74. The molecule has 1 heterocycles. The number of benzene rings is 1. The lowest BCUT2D eigenvalue weighted by molar-refractivity contribution is 0.629. The number of alkyl halides is 1. The van der Waals surface area contributed by atoms with Gasteiger partial charge < -0.3 is 4.57 Å². The highest BCUT2D eigenvalue weighted by Gasteiger charge is 2.38. The Bertz CT molecular complexity index is 573. The third kappa shape index (κ3) is 1.93. The lowest BCUT2D eigenvalue weighted by Gasteiger charge is -2.07. The van der Waals surface area contributed by atoms with Crippen LogP contribution in [-0.2, 0) is 6.42 Å². The van der Waals surface area contributed by atoms with E-state index in [0.717, 1.165) is 23.7 Å². The predicted octanol–water partition coefficient (Wildman–Crippen LogP) is 4.10. The molecule has 96 valence electrons. The van der Waals surface area contributed by atoms with Crippen LogP contribution in [0.1, 0.15) is 37.2 Å². The van der Waals surface area contributed by atoms with Gasteiger partial charge in [0.25, 0.3) is 0 Å². The molecule has 0 N–H and O–H groups in total.